The standard InChI is InChI=1S/C26H17Cl2N3O4/c27-21-9-4-10-22(23(21)28)30-24(32)25(33)31-29-15-16-11-13-18(14-12-16)35-26(34)20-8-3-6-17-5-1-2-7-19(17)20/h1-15H,(H,30,32)(H,31,33)/b29-15+. The summed E-state index contributed by atoms with van der Waals surface area (Å²) in [6.07, 6.45) is 1.34. The molecule has 0 spiro atoms. The molecule has 9 heteroatoms. The quantitative estimate of drug-likeness (QED) is 0.124. The highest BCUT2D eigenvalue weighted by Gasteiger charge is 2.15. The fourth-order valence-electron chi connectivity index (χ4n) is 3.18. The van der Waals surface area contributed by atoms with E-state index in [2.05, 4.69) is 15.8 Å². The smallest absolute Gasteiger partial charge is 0.344 e. The van der Waals surface area contributed by atoms with Gasteiger partial charge in [0.15, 0.2) is 0 Å². The van der Waals surface area contributed by atoms with Gasteiger partial charge in [0.25, 0.3) is 0 Å². The molecule has 2 N–H and O–H groups in total. The summed E-state index contributed by atoms with van der Waals surface area (Å²) in [5.41, 5.74) is 3.40. The van der Waals surface area contributed by atoms with Gasteiger partial charge in [-0.1, -0.05) is 65.7 Å². The molecule has 4 aromatic carbocycles. The maximum atomic E-state index is 12.6. The number of fused-ring (bicyclic) bond motifs is 1. The van der Waals surface area contributed by atoms with E-state index < -0.39 is 17.8 Å². The molecule has 0 saturated heterocycles. The molecule has 0 unspecified atom stereocenters. The Hall–Kier alpha value is -4.20. The van der Waals surface area contributed by atoms with Crippen LogP contribution >= 0.6 is 23.2 Å². The first-order valence-electron chi connectivity index (χ1n) is 10.3. The van der Waals surface area contributed by atoms with Crippen LogP contribution in [-0.2, 0) is 9.59 Å². The number of hydrogen-bond acceptors (Lipinski definition) is 5. The fraction of sp³-hybridized carbons (Fsp3) is 0. The molecule has 0 aliphatic rings. The molecule has 0 fully saturated rings. The molecule has 0 radical (unpaired) electrons. The lowest BCUT2D eigenvalue weighted by atomic mass is 10.0. The number of anilines is 1. The average Bonchev–Trinajstić information content (AvgIpc) is 2.87. The summed E-state index contributed by atoms with van der Waals surface area (Å²) in [4.78, 5) is 36.6. The summed E-state index contributed by atoms with van der Waals surface area (Å²) in [6, 6.07) is 24.1. The SMILES string of the molecule is O=C(N/N=C/c1ccc(OC(=O)c2cccc3ccccc23)cc1)C(=O)Nc1cccc(Cl)c1Cl. The summed E-state index contributed by atoms with van der Waals surface area (Å²) in [5.74, 6) is -2.07. The molecule has 7 nitrogen and oxygen atoms in total. The lowest BCUT2D eigenvalue weighted by molar-refractivity contribution is -0.136. The van der Waals surface area contributed by atoms with Crippen molar-refractivity contribution in [2.24, 2.45) is 5.10 Å². The van der Waals surface area contributed by atoms with Gasteiger partial charge in [0.05, 0.1) is 27.5 Å². The number of ether oxygens (including phenoxy) is 1. The highest BCUT2D eigenvalue weighted by Crippen LogP contribution is 2.29. The Morgan fingerprint density at radius 3 is 2.31 bits per heavy atom. The van der Waals surface area contributed by atoms with Crippen molar-refractivity contribution in [2.45, 2.75) is 0 Å². The topological polar surface area (TPSA) is 96.9 Å². The number of nitrogens with zero attached hydrogens (tertiary/aromatic N) is 1. The molecule has 35 heavy (non-hydrogen) atoms. The third-order valence-electron chi connectivity index (χ3n) is 4.89. The number of esters is 1. The number of benzene rings is 4. The number of hydrogen-bond donors (Lipinski definition) is 2. The molecule has 0 aliphatic carbocycles. The highest BCUT2D eigenvalue weighted by molar-refractivity contribution is 6.45. The number of carbonyl (C=O) groups excluding carboxylic acids is 3. The zero-order valence-electron chi connectivity index (χ0n) is 18.0. The van der Waals surface area contributed by atoms with Gasteiger partial charge in [0.2, 0.25) is 0 Å². The van der Waals surface area contributed by atoms with Gasteiger partial charge in [-0.2, -0.15) is 5.10 Å². The Morgan fingerprint density at radius 1 is 0.800 bits per heavy atom. The lowest BCUT2D eigenvalue weighted by Crippen LogP contribution is -2.32. The van der Waals surface area contributed by atoms with Crippen LogP contribution in [0.3, 0.4) is 0 Å². The first-order chi connectivity index (χ1) is 16.9. The average molecular weight is 506 g/mol. The van der Waals surface area contributed by atoms with Crippen molar-refractivity contribution in [1.82, 2.24) is 5.43 Å². The predicted molar refractivity (Wildman–Crippen MR) is 136 cm³/mol. The Morgan fingerprint density at radius 2 is 1.51 bits per heavy atom. The van der Waals surface area contributed by atoms with Gasteiger partial charge >= 0.3 is 17.8 Å². The molecule has 0 aliphatic heterocycles. The minimum atomic E-state index is -0.988. The summed E-state index contributed by atoms with van der Waals surface area (Å²) in [6.45, 7) is 0. The van der Waals surface area contributed by atoms with Crippen molar-refractivity contribution < 1.29 is 19.1 Å². The van der Waals surface area contributed by atoms with Crippen LogP contribution in [0.15, 0.2) is 90.0 Å². The van der Waals surface area contributed by atoms with Crippen molar-refractivity contribution >= 4 is 63.7 Å². The molecule has 4 aromatic rings. The summed E-state index contributed by atoms with van der Waals surface area (Å²) in [5, 5.41) is 8.24. The minimum Gasteiger partial charge on any atom is -0.423 e. The van der Waals surface area contributed by atoms with Crippen molar-refractivity contribution in [3.63, 3.8) is 0 Å². The van der Waals surface area contributed by atoms with E-state index in [0.29, 0.717) is 16.9 Å². The maximum Gasteiger partial charge on any atom is 0.344 e. The predicted octanol–water partition coefficient (Wildman–Crippen LogP) is 5.45. The first kappa shape index (κ1) is 23.9. The van der Waals surface area contributed by atoms with E-state index in [4.69, 9.17) is 27.9 Å². The fourth-order valence-corrected chi connectivity index (χ4v) is 3.53. The summed E-state index contributed by atoms with van der Waals surface area (Å²) in [7, 11) is 0. The largest absolute Gasteiger partial charge is 0.423 e. The van der Waals surface area contributed by atoms with Crippen LogP contribution < -0.4 is 15.5 Å². The first-order valence-corrected chi connectivity index (χ1v) is 11.1. The normalized spacial score (nSPS) is 10.8. The van der Waals surface area contributed by atoms with E-state index in [1.807, 2.05) is 30.3 Å². The summed E-state index contributed by atoms with van der Waals surface area (Å²) >= 11 is 11.9. The van der Waals surface area contributed by atoms with E-state index in [9.17, 15) is 14.4 Å². The van der Waals surface area contributed by atoms with Crippen molar-refractivity contribution in [3.05, 3.63) is 106 Å². The second-order valence-corrected chi connectivity index (χ2v) is 8.03. The lowest BCUT2D eigenvalue weighted by Gasteiger charge is -2.07. The van der Waals surface area contributed by atoms with Crippen LogP contribution in [0.5, 0.6) is 5.75 Å². The van der Waals surface area contributed by atoms with Gasteiger partial charge in [0.1, 0.15) is 5.75 Å². The van der Waals surface area contributed by atoms with Crippen LogP contribution in [0.1, 0.15) is 15.9 Å². The van der Waals surface area contributed by atoms with E-state index in [0.717, 1.165) is 10.8 Å². The number of rotatable bonds is 5. The monoisotopic (exact) mass is 505 g/mol. The van der Waals surface area contributed by atoms with Crippen LogP contribution in [0.25, 0.3) is 10.8 Å². The van der Waals surface area contributed by atoms with Gasteiger partial charge in [-0.3, -0.25) is 9.59 Å². The third-order valence-corrected chi connectivity index (χ3v) is 5.70. The molecular weight excluding hydrogens is 489 g/mol. The maximum absolute atomic E-state index is 12.6. The molecule has 0 heterocycles. The molecule has 0 saturated carbocycles. The molecule has 174 valence electrons. The van der Waals surface area contributed by atoms with E-state index >= 15 is 0 Å². The number of hydrazone groups is 1. The second-order valence-electron chi connectivity index (χ2n) is 7.24. The molecule has 0 aromatic heterocycles. The van der Waals surface area contributed by atoms with Crippen LogP contribution in [0, 0.1) is 0 Å². The van der Waals surface area contributed by atoms with Crippen LogP contribution in [-0.4, -0.2) is 24.0 Å². The molecule has 0 atom stereocenters. The van der Waals surface area contributed by atoms with E-state index in [1.165, 1.54) is 12.3 Å². The highest BCUT2D eigenvalue weighted by atomic mass is 35.5. The summed E-state index contributed by atoms with van der Waals surface area (Å²) < 4.78 is 5.49. The van der Waals surface area contributed by atoms with E-state index in [-0.39, 0.29) is 15.7 Å². The second kappa shape index (κ2) is 10.8. The molecule has 4 rings (SSSR count). The van der Waals surface area contributed by atoms with Gasteiger partial charge in [-0.05, 0) is 58.8 Å². The van der Waals surface area contributed by atoms with Crippen molar-refractivity contribution in [3.8, 4) is 5.75 Å². The van der Waals surface area contributed by atoms with Gasteiger partial charge in [-0.25, -0.2) is 10.2 Å². The van der Waals surface area contributed by atoms with Crippen LogP contribution in [0.2, 0.25) is 10.0 Å². The zero-order valence-corrected chi connectivity index (χ0v) is 19.5. The molecule has 0 bridgehead atoms. The minimum absolute atomic E-state index is 0.125. The Bertz CT molecular complexity index is 1450. The molecule has 2 amide bonds. The number of carbonyl (C=O) groups is 3. The third kappa shape index (κ3) is 5.84. The molecular formula is C26H17Cl2N3O4. The number of nitrogens with one attached hydrogen (secondary N) is 2. The van der Waals surface area contributed by atoms with Crippen LogP contribution in [0.4, 0.5) is 5.69 Å². The Labute approximate surface area is 210 Å². The van der Waals surface area contributed by atoms with Gasteiger partial charge < -0.3 is 10.1 Å². The van der Waals surface area contributed by atoms with Crippen molar-refractivity contribution in [1.29, 1.82) is 0 Å². The number of amides is 2. The number of halogens is 2. The van der Waals surface area contributed by atoms with E-state index in [1.54, 1.807) is 48.5 Å². The van der Waals surface area contributed by atoms with Crippen molar-refractivity contribution in [2.75, 3.05) is 5.32 Å². The van der Waals surface area contributed by atoms with Gasteiger partial charge in [0, 0.05) is 0 Å². The van der Waals surface area contributed by atoms with Gasteiger partial charge in [-0.15, -0.1) is 0 Å². The Balaban J connectivity index is 1.33. The Kier molecular flexibility index (Phi) is 7.40. The zero-order chi connectivity index (χ0) is 24.8.